The molecule has 426 valence electrons. The van der Waals surface area contributed by atoms with Crippen LogP contribution >= 0.6 is 23.2 Å². The second-order valence-electron chi connectivity index (χ2n) is 20.9. The van der Waals surface area contributed by atoms with E-state index in [9.17, 15) is 41.3 Å². The number of halogens is 2. The van der Waals surface area contributed by atoms with E-state index < -0.39 is 55.5 Å². The number of hydrogen-bond acceptors (Lipinski definition) is 14. The summed E-state index contributed by atoms with van der Waals surface area (Å²) in [7, 11) is -8.11. The van der Waals surface area contributed by atoms with Gasteiger partial charge in [0.2, 0.25) is 5.91 Å². The van der Waals surface area contributed by atoms with Gasteiger partial charge in [-0.05, 0) is 166 Å². The zero-order valence-corrected chi connectivity index (χ0v) is 47.8. The minimum Gasteiger partial charge on any atom is -0.484 e. The molecule has 0 unspecified atom stereocenters. The summed E-state index contributed by atoms with van der Waals surface area (Å²) in [5.41, 5.74) is 4.55. The van der Waals surface area contributed by atoms with Crippen molar-refractivity contribution < 1.29 is 45.5 Å². The normalized spacial score (nSPS) is 19.2. The van der Waals surface area contributed by atoms with E-state index in [2.05, 4.69) is 41.4 Å². The van der Waals surface area contributed by atoms with Crippen LogP contribution in [0.2, 0.25) is 10.0 Å². The molecule has 0 bridgehead atoms. The highest BCUT2D eigenvalue weighted by molar-refractivity contribution is 7.92. The molecular weight excluding hydrogens is 1100 g/mol. The number of hydrogen-bond donors (Lipinski definition) is 4. The first-order valence-corrected chi connectivity index (χ1v) is 31.4. The molecule has 4 aromatic carbocycles. The molecule has 2 saturated heterocycles. The van der Waals surface area contributed by atoms with Gasteiger partial charge in [-0.25, -0.2) is 31.2 Å². The van der Waals surface area contributed by atoms with E-state index in [0.29, 0.717) is 90.7 Å². The number of ketones is 2. The van der Waals surface area contributed by atoms with E-state index in [4.69, 9.17) is 39.2 Å². The summed E-state index contributed by atoms with van der Waals surface area (Å²) < 4.78 is 67.8. The standard InChI is InChI=1S/C58H68Cl2N8O10S2/c1-62-52-34-41(60)33-51-49(52)36-54(67-27-8-3-9-28-67)57(51)78-45-17-21-47(22-18-45)80(75,76)66-55(71)14-6-5-12-42(69)11-4-2-7-23-64-58(72)65-24-10-13-43(70)38-79(73,74)46-19-15-44(16-20-46)77-56-50-32-40(59)31-39(37-61)48(50)35-53(56)68-29-25-63-26-30-68/h15-22,31-34,53-54,56-57,63H,2-14,23-30,35-36,38H2,(H,66,71)(H2,64,65,72)/t53-,54-,56-,57-/m0/s1. The van der Waals surface area contributed by atoms with Crippen LogP contribution in [0.5, 0.6) is 11.5 Å². The van der Waals surface area contributed by atoms with E-state index in [1.54, 1.807) is 36.4 Å². The first kappa shape index (κ1) is 60.0. The Kier molecular flexibility index (Phi) is 21.0. The Morgan fingerprint density at radius 3 is 1.82 bits per heavy atom. The number of sulfone groups is 1. The summed E-state index contributed by atoms with van der Waals surface area (Å²) in [5, 5.41) is 19.5. The average Bonchev–Trinajstić information content (AvgIpc) is 4.13. The lowest BCUT2D eigenvalue weighted by molar-refractivity contribution is -0.121. The molecule has 4 aliphatic rings. The number of amides is 3. The number of nitriles is 1. The maximum absolute atomic E-state index is 13.2. The second-order valence-corrected chi connectivity index (χ2v) is 25.4. The fourth-order valence-corrected chi connectivity index (χ4v) is 13.9. The number of nitrogens with zero attached hydrogens (tertiary/aromatic N) is 4. The van der Waals surface area contributed by atoms with Crippen molar-refractivity contribution in [2.75, 3.05) is 58.1 Å². The van der Waals surface area contributed by atoms with Gasteiger partial charge >= 0.3 is 6.03 Å². The van der Waals surface area contributed by atoms with Gasteiger partial charge in [0.25, 0.3) is 10.0 Å². The van der Waals surface area contributed by atoms with Gasteiger partial charge in [-0.2, -0.15) is 5.26 Å². The number of ether oxygens (including phenoxy) is 2. The number of unbranched alkanes of at least 4 members (excludes halogenated alkanes) is 3. The van der Waals surface area contributed by atoms with Gasteiger partial charge in [-0.1, -0.05) is 36.0 Å². The first-order valence-electron chi connectivity index (χ1n) is 27.5. The number of carbonyl (C=O) groups excluding carboxylic acids is 4. The molecule has 2 aliphatic carbocycles. The fraction of sp³-hybridized carbons (Fsp3) is 0.483. The molecule has 0 radical (unpaired) electrons. The van der Waals surface area contributed by atoms with E-state index in [1.807, 2.05) is 12.1 Å². The predicted octanol–water partition coefficient (Wildman–Crippen LogP) is 8.51. The Bertz CT molecular complexity index is 2980. The number of carbonyl (C=O) groups is 4. The molecule has 2 aliphatic heterocycles. The number of sulfonamides is 1. The third-order valence-corrected chi connectivity index (χ3v) is 18.7. The van der Waals surface area contributed by atoms with Crippen LogP contribution in [-0.2, 0) is 47.1 Å². The van der Waals surface area contributed by atoms with Gasteiger partial charge in [0.05, 0.1) is 40.1 Å². The molecule has 2 heterocycles. The predicted molar refractivity (Wildman–Crippen MR) is 303 cm³/mol. The van der Waals surface area contributed by atoms with Crippen molar-refractivity contribution in [3.63, 3.8) is 0 Å². The number of piperazine rings is 1. The van der Waals surface area contributed by atoms with Crippen molar-refractivity contribution in [1.29, 1.82) is 5.26 Å². The molecule has 4 N–H and O–H groups in total. The van der Waals surface area contributed by atoms with E-state index in [0.717, 1.165) is 74.4 Å². The van der Waals surface area contributed by atoms with Crippen molar-refractivity contribution in [3.8, 4) is 17.6 Å². The number of piperidine rings is 1. The molecule has 0 aromatic heterocycles. The van der Waals surface area contributed by atoms with Crippen molar-refractivity contribution >= 4 is 72.3 Å². The van der Waals surface area contributed by atoms with Crippen LogP contribution in [0.1, 0.15) is 123 Å². The summed E-state index contributed by atoms with van der Waals surface area (Å²) in [6.07, 6.45) is 7.21. The van der Waals surface area contributed by atoms with Gasteiger partial charge in [-0.3, -0.25) is 24.2 Å². The largest absolute Gasteiger partial charge is 0.484 e. The van der Waals surface area contributed by atoms with Gasteiger partial charge in [-0.15, -0.1) is 0 Å². The lowest BCUT2D eigenvalue weighted by Crippen LogP contribution is -2.50. The fourth-order valence-electron chi connectivity index (χ4n) is 11.1. The van der Waals surface area contributed by atoms with Crippen LogP contribution in [0.25, 0.3) is 4.85 Å². The average molecular weight is 1170 g/mol. The molecule has 8 rings (SSSR count). The van der Waals surface area contributed by atoms with E-state index in [-0.39, 0.29) is 59.9 Å². The molecule has 18 nitrogen and oxygen atoms in total. The minimum atomic E-state index is -4.16. The Hall–Kier alpha value is -6.10. The Morgan fingerprint density at radius 2 is 1.20 bits per heavy atom. The van der Waals surface area contributed by atoms with Crippen LogP contribution in [0.4, 0.5) is 10.5 Å². The van der Waals surface area contributed by atoms with E-state index >= 15 is 0 Å². The number of Topliss-reactive ketones (excluding diaryl/α,β-unsaturated/α-hetero) is 2. The molecule has 0 saturated carbocycles. The number of nitrogens with one attached hydrogen (secondary N) is 4. The Balaban J connectivity index is 0.661. The van der Waals surface area contributed by atoms with Crippen molar-refractivity contribution in [2.24, 2.45) is 0 Å². The summed E-state index contributed by atoms with van der Waals surface area (Å²) in [4.78, 5) is 58.6. The highest BCUT2D eigenvalue weighted by Crippen LogP contribution is 2.45. The minimum absolute atomic E-state index is 0.000597. The lowest BCUT2D eigenvalue weighted by atomic mass is 10.0. The zero-order chi connectivity index (χ0) is 56.8. The zero-order valence-electron chi connectivity index (χ0n) is 44.7. The van der Waals surface area contributed by atoms with Gasteiger partial charge in [0, 0.05) is 75.0 Å². The molecule has 2 fully saturated rings. The maximum Gasteiger partial charge on any atom is 0.314 e. The lowest BCUT2D eigenvalue weighted by Gasteiger charge is -2.36. The van der Waals surface area contributed by atoms with Crippen LogP contribution in [0.15, 0.2) is 82.6 Å². The first-order chi connectivity index (χ1) is 38.5. The van der Waals surface area contributed by atoms with Gasteiger partial charge in [0.1, 0.15) is 41.0 Å². The third-order valence-electron chi connectivity index (χ3n) is 15.2. The molecule has 4 atom stereocenters. The van der Waals surface area contributed by atoms with Crippen LogP contribution in [-0.4, -0.2) is 120 Å². The maximum atomic E-state index is 13.2. The van der Waals surface area contributed by atoms with Gasteiger partial charge < -0.3 is 25.4 Å². The summed E-state index contributed by atoms with van der Waals surface area (Å²) >= 11 is 12.8. The van der Waals surface area contributed by atoms with Crippen molar-refractivity contribution in [3.05, 3.63) is 122 Å². The number of likely N-dealkylation sites (tertiary alicyclic amines) is 1. The number of urea groups is 1. The van der Waals surface area contributed by atoms with E-state index in [1.165, 1.54) is 30.7 Å². The molecular formula is C58H68Cl2N8O10S2. The highest BCUT2D eigenvalue weighted by atomic mass is 35.5. The smallest absolute Gasteiger partial charge is 0.314 e. The van der Waals surface area contributed by atoms with Crippen molar-refractivity contribution in [1.82, 2.24) is 30.5 Å². The molecule has 0 spiro atoms. The highest BCUT2D eigenvalue weighted by Gasteiger charge is 2.42. The molecule has 80 heavy (non-hydrogen) atoms. The topological polar surface area (TPSA) is 238 Å². The summed E-state index contributed by atoms with van der Waals surface area (Å²) in [6.45, 7) is 13.4. The third kappa shape index (κ3) is 15.9. The van der Waals surface area contributed by atoms with Crippen LogP contribution in [0.3, 0.4) is 0 Å². The Labute approximate surface area is 479 Å². The Morgan fingerprint density at radius 1 is 0.662 bits per heavy atom. The molecule has 4 aromatic rings. The number of fused-ring (bicyclic) bond motifs is 2. The summed E-state index contributed by atoms with van der Waals surface area (Å²) in [5.74, 6) is -0.908. The number of benzene rings is 4. The van der Waals surface area contributed by atoms with Crippen LogP contribution < -0.4 is 30.1 Å². The van der Waals surface area contributed by atoms with Crippen LogP contribution in [0, 0.1) is 17.9 Å². The summed E-state index contributed by atoms with van der Waals surface area (Å²) in [6, 6.07) is 20.7. The van der Waals surface area contributed by atoms with Gasteiger partial charge in [0.15, 0.2) is 15.5 Å². The molecule has 3 amide bonds. The number of rotatable bonds is 26. The second kappa shape index (κ2) is 28.1. The van der Waals surface area contributed by atoms with Crippen molar-refractivity contribution in [2.45, 2.75) is 130 Å². The SMILES string of the molecule is [C-]#[N+]c1cc(Cl)cc2c1C[C@H](N1CCCCC1)[C@H]2Oc1ccc(S(=O)(=O)NC(=O)CCCCC(=O)CCCCCNC(=O)NCCCC(=O)CS(=O)(=O)c2ccc(O[C@H]3c4cc(Cl)cc(C#N)c4C[C@@H]3N3CCNCC3)cc2)cc1. The quantitative estimate of drug-likeness (QED) is 0.0341. The molecule has 22 heteroatoms. The monoisotopic (exact) mass is 1170 g/mol.